The molecule has 1 aliphatic rings. The highest BCUT2D eigenvalue weighted by Crippen LogP contribution is 2.34. The summed E-state index contributed by atoms with van der Waals surface area (Å²) in [7, 11) is 0. The van der Waals surface area contributed by atoms with Crippen molar-refractivity contribution in [3.05, 3.63) is 41.5 Å². The van der Waals surface area contributed by atoms with Gasteiger partial charge in [-0.2, -0.15) is 0 Å². The number of unbranched alkanes of at least 4 members (excludes halogenated alkanes) is 3. The van der Waals surface area contributed by atoms with Crippen molar-refractivity contribution >= 4 is 17.8 Å². The number of hydrogen-bond acceptors (Lipinski definition) is 2. The van der Waals surface area contributed by atoms with E-state index in [-0.39, 0.29) is 29.6 Å². The summed E-state index contributed by atoms with van der Waals surface area (Å²) in [6.07, 6.45) is 8.65. The third-order valence-electron chi connectivity index (χ3n) is 4.82. The van der Waals surface area contributed by atoms with E-state index in [0.717, 1.165) is 32.1 Å². The molecule has 0 aliphatic heterocycles. The summed E-state index contributed by atoms with van der Waals surface area (Å²) >= 11 is 0. The first-order valence-electron chi connectivity index (χ1n) is 8.85. The van der Waals surface area contributed by atoms with Crippen molar-refractivity contribution in [3.8, 4) is 0 Å². The minimum atomic E-state index is -0.781. The Morgan fingerprint density at radius 1 is 1.16 bits per heavy atom. The fourth-order valence-electron chi connectivity index (χ4n) is 3.42. The van der Waals surface area contributed by atoms with Crippen molar-refractivity contribution in [2.45, 2.75) is 51.4 Å². The van der Waals surface area contributed by atoms with Crippen LogP contribution in [0.1, 0.15) is 56.9 Å². The predicted octanol–water partition coefficient (Wildman–Crippen LogP) is 5.00. The molecule has 1 saturated carbocycles. The van der Waals surface area contributed by atoms with E-state index < -0.39 is 17.6 Å². The molecule has 2 unspecified atom stereocenters. The zero-order chi connectivity index (χ0) is 18.2. The van der Waals surface area contributed by atoms with Gasteiger partial charge in [0.1, 0.15) is 17.4 Å². The summed E-state index contributed by atoms with van der Waals surface area (Å²) in [5.41, 5.74) is -0.0609. The van der Waals surface area contributed by atoms with Crippen LogP contribution < -0.4 is 0 Å². The molecule has 25 heavy (non-hydrogen) atoms. The lowest BCUT2D eigenvalue weighted by atomic mass is 9.89. The van der Waals surface area contributed by atoms with Gasteiger partial charge >= 0.3 is 5.97 Å². The highest BCUT2D eigenvalue weighted by molar-refractivity contribution is 5.84. The molecule has 0 heterocycles. The molecule has 5 heteroatoms. The van der Waals surface area contributed by atoms with Crippen LogP contribution in [0.5, 0.6) is 0 Å². The predicted molar refractivity (Wildman–Crippen MR) is 92.0 cm³/mol. The molecule has 0 saturated heterocycles. The van der Waals surface area contributed by atoms with Crippen molar-refractivity contribution in [3.63, 3.8) is 0 Å². The van der Waals surface area contributed by atoms with Crippen molar-refractivity contribution < 1.29 is 23.5 Å². The molecular formula is C20H24F2O3. The average Bonchev–Trinajstić information content (AvgIpc) is 2.90. The van der Waals surface area contributed by atoms with Gasteiger partial charge in [0.15, 0.2) is 0 Å². The molecule has 1 N–H and O–H groups in total. The van der Waals surface area contributed by atoms with Gasteiger partial charge in [-0.25, -0.2) is 8.78 Å². The Labute approximate surface area is 146 Å². The van der Waals surface area contributed by atoms with Gasteiger partial charge in [0.25, 0.3) is 0 Å². The lowest BCUT2D eigenvalue weighted by Gasteiger charge is -2.15. The van der Waals surface area contributed by atoms with Crippen molar-refractivity contribution in [1.29, 1.82) is 0 Å². The van der Waals surface area contributed by atoms with Gasteiger partial charge in [0.05, 0.1) is 0 Å². The molecule has 2 atom stereocenters. The number of carboxylic acid groups (broad SMARTS) is 1. The zero-order valence-electron chi connectivity index (χ0n) is 14.2. The maximum Gasteiger partial charge on any atom is 0.303 e. The monoisotopic (exact) mass is 350 g/mol. The molecule has 0 spiro atoms. The molecule has 1 aliphatic carbocycles. The fraction of sp³-hybridized carbons (Fsp3) is 0.500. The number of benzene rings is 1. The second-order valence-corrected chi connectivity index (χ2v) is 6.62. The van der Waals surface area contributed by atoms with Crippen LogP contribution in [0.15, 0.2) is 24.3 Å². The summed E-state index contributed by atoms with van der Waals surface area (Å²) in [6.45, 7) is 0. The van der Waals surface area contributed by atoms with Crippen LogP contribution in [-0.2, 0) is 9.59 Å². The maximum atomic E-state index is 13.7. The minimum Gasteiger partial charge on any atom is -0.481 e. The number of ketones is 1. The van der Waals surface area contributed by atoms with Crippen LogP contribution in [0.3, 0.4) is 0 Å². The lowest BCUT2D eigenvalue weighted by Crippen LogP contribution is -2.13. The first-order chi connectivity index (χ1) is 12.0. The van der Waals surface area contributed by atoms with Crippen LogP contribution in [-0.4, -0.2) is 16.9 Å². The first kappa shape index (κ1) is 19.3. The maximum absolute atomic E-state index is 13.7. The first-order valence-corrected chi connectivity index (χ1v) is 8.85. The standard InChI is InChI=1S/C20H24F2O3/c21-17-7-5-8-18(22)16(17)12-10-14-11-13-19(23)15(14)6-3-1-2-4-9-20(24)25/h5,7-8,10,12,14-15H,1-4,6,9,11,13H2,(H,24,25). The molecular weight excluding hydrogens is 326 g/mol. The zero-order valence-corrected chi connectivity index (χ0v) is 14.2. The van der Waals surface area contributed by atoms with Gasteiger partial charge in [0.2, 0.25) is 0 Å². The molecule has 1 aromatic carbocycles. The summed E-state index contributed by atoms with van der Waals surface area (Å²) in [6, 6.07) is 3.77. The van der Waals surface area contributed by atoms with Crippen molar-refractivity contribution in [1.82, 2.24) is 0 Å². The van der Waals surface area contributed by atoms with Crippen molar-refractivity contribution in [2.75, 3.05) is 0 Å². The SMILES string of the molecule is O=C(O)CCCCCCC1C(=O)CCC1C=Cc1c(F)cccc1F. The topological polar surface area (TPSA) is 54.4 Å². The Balaban J connectivity index is 1.86. The van der Waals surface area contributed by atoms with E-state index in [1.165, 1.54) is 24.3 Å². The quantitative estimate of drug-likeness (QED) is 0.638. The van der Waals surface area contributed by atoms with E-state index >= 15 is 0 Å². The average molecular weight is 350 g/mol. The normalized spacial score (nSPS) is 20.5. The van der Waals surface area contributed by atoms with Gasteiger partial charge in [-0.05, 0) is 37.3 Å². The Bertz CT molecular complexity index is 620. The third-order valence-corrected chi connectivity index (χ3v) is 4.82. The van der Waals surface area contributed by atoms with Gasteiger partial charge in [-0.3, -0.25) is 9.59 Å². The number of carboxylic acids is 1. The third kappa shape index (κ3) is 5.76. The second kappa shape index (κ2) is 9.44. The van der Waals surface area contributed by atoms with Gasteiger partial charge < -0.3 is 5.11 Å². The summed E-state index contributed by atoms with van der Waals surface area (Å²) in [5, 5.41) is 8.60. The molecule has 136 valence electrons. The van der Waals surface area contributed by atoms with Gasteiger partial charge in [0, 0.05) is 24.3 Å². The number of Topliss-reactive ketones (excluding diaryl/α,β-unsaturated/α-hetero) is 1. The fourth-order valence-corrected chi connectivity index (χ4v) is 3.42. The van der Waals surface area contributed by atoms with E-state index in [2.05, 4.69) is 0 Å². The number of allylic oxidation sites excluding steroid dienone is 1. The number of aliphatic carboxylic acids is 1. The van der Waals surface area contributed by atoms with E-state index in [0.29, 0.717) is 12.8 Å². The van der Waals surface area contributed by atoms with Crippen LogP contribution in [0.2, 0.25) is 0 Å². The van der Waals surface area contributed by atoms with Gasteiger partial charge in [-0.1, -0.05) is 37.5 Å². The van der Waals surface area contributed by atoms with Crippen LogP contribution in [0.4, 0.5) is 8.78 Å². The number of halogens is 2. The molecule has 0 radical (unpaired) electrons. The number of carbonyl (C=O) groups is 2. The lowest BCUT2D eigenvalue weighted by molar-refractivity contribution is -0.137. The van der Waals surface area contributed by atoms with Crippen LogP contribution in [0, 0.1) is 23.5 Å². The Morgan fingerprint density at radius 2 is 1.84 bits per heavy atom. The Kier molecular flexibility index (Phi) is 7.29. The summed E-state index contributed by atoms with van der Waals surface area (Å²) in [4.78, 5) is 22.5. The van der Waals surface area contributed by atoms with Gasteiger partial charge in [-0.15, -0.1) is 0 Å². The van der Waals surface area contributed by atoms with E-state index in [1.54, 1.807) is 6.08 Å². The molecule has 2 rings (SSSR count). The molecule has 0 amide bonds. The van der Waals surface area contributed by atoms with E-state index in [1.807, 2.05) is 0 Å². The molecule has 1 fully saturated rings. The minimum absolute atomic E-state index is 0.0190. The Morgan fingerprint density at radius 3 is 2.52 bits per heavy atom. The number of hydrogen-bond donors (Lipinski definition) is 1. The summed E-state index contributed by atoms with van der Waals surface area (Å²) < 4.78 is 27.4. The smallest absolute Gasteiger partial charge is 0.303 e. The number of rotatable bonds is 9. The molecule has 3 nitrogen and oxygen atoms in total. The molecule has 0 bridgehead atoms. The molecule has 0 aromatic heterocycles. The highest BCUT2D eigenvalue weighted by atomic mass is 19.1. The van der Waals surface area contributed by atoms with Crippen LogP contribution in [0.25, 0.3) is 6.08 Å². The van der Waals surface area contributed by atoms with E-state index in [9.17, 15) is 18.4 Å². The van der Waals surface area contributed by atoms with Crippen molar-refractivity contribution in [2.24, 2.45) is 11.8 Å². The largest absolute Gasteiger partial charge is 0.481 e. The summed E-state index contributed by atoms with van der Waals surface area (Å²) in [5.74, 6) is -1.84. The Hall–Kier alpha value is -2.04. The van der Waals surface area contributed by atoms with E-state index in [4.69, 9.17) is 5.11 Å². The number of carbonyl (C=O) groups excluding carboxylic acids is 1. The second-order valence-electron chi connectivity index (χ2n) is 6.62. The van der Waals surface area contributed by atoms with Crippen LogP contribution >= 0.6 is 0 Å². The highest BCUT2D eigenvalue weighted by Gasteiger charge is 2.32. The molecule has 1 aromatic rings.